The van der Waals surface area contributed by atoms with Gasteiger partial charge in [0.2, 0.25) is 0 Å². The van der Waals surface area contributed by atoms with Crippen molar-refractivity contribution in [3.05, 3.63) is 24.3 Å². The van der Waals surface area contributed by atoms with Gasteiger partial charge in [0, 0.05) is 10.6 Å². The molecule has 0 bridgehead atoms. The van der Waals surface area contributed by atoms with Gasteiger partial charge in [-0.25, -0.2) is 0 Å². The Morgan fingerprint density at radius 2 is 2.06 bits per heavy atom. The molecule has 2 N–H and O–H groups in total. The summed E-state index contributed by atoms with van der Waals surface area (Å²) in [5, 5.41) is 11.9. The quantitative estimate of drug-likeness (QED) is 0.760. The molecule has 0 aromatic heterocycles. The second-order valence-electron chi connectivity index (χ2n) is 3.85. The zero-order valence-corrected chi connectivity index (χ0v) is 11.0. The molecular formula is C12H17NO3S. The van der Waals surface area contributed by atoms with Crippen LogP contribution in [-0.2, 0) is 4.79 Å². The minimum atomic E-state index is -0.912. The first kappa shape index (κ1) is 13.9. The lowest BCUT2D eigenvalue weighted by Gasteiger charge is -2.23. The highest BCUT2D eigenvalue weighted by molar-refractivity contribution is 7.99. The number of carboxylic acid groups (broad SMARTS) is 1. The summed E-state index contributed by atoms with van der Waals surface area (Å²) in [5.74, 6) is 0.413. The molecule has 0 fully saturated rings. The van der Waals surface area contributed by atoms with Crippen LogP contribution in [0.4, 0.5) is 0 Å². The minimum absolute atomic E-state index is 0.463. The highest BCUT2D eigenvalue weighted by atomic mass is 32.2. The number of methoxy groups -OCH3 is 1. The fourth-order valence-corrected chi connectivity index (χ4v) is 2.19. The number of aliphatic carboxylic acids is 1. The van der Waals surface area contributed by atoms with Gasteiger partial charge in [0.1, 0.15) is 11.3 Å². The second kappa shape index (κ2) is 5.93. The summed E-state index contributed by atoms with van der Waals surface area (Å²) in [5.41, 5.74) is -0.912. The molecule has 0 radical (unpaired) electrons. The summed E-state index contributed by atoms with van der Waals surface area (Å²) in [6.07, 6.45) is 0. The average Bonchev–Trinajstić information content (AvgIpc) is 2.36. The largest absolute Gasteiger partial charge is 0.497 e. The lowest BCUT2D eigenvalue weighted by Crippen LogP contribution is -2.49. The number of rotatable bonds is 6. The third-order valence-corrected chi connectivity index (χ3v) is 3.94. The van der Waals surface area contributed by atoms with E-state index >= 15 is 0 Å². The van der Waals surface area contributed by atoms with E-state index in [0.29, 0.717) is 5.75 Å². The Bertz CT molecular complexity index is 380. The van der Waals surface area contributed by atoms with Gasteiger partial charge in [0.05, 0.1) is 7.11 Å². The Morgan fingerprint density at radius 3 is 2.47 bits per heavy atom. The fraction of sp³-hybridized carbons (Fsp3) is 0.417. The molecular weight excluding hydrogens is 238 g/mol. The number of hydrogen-bond acceptors (Lipinski definition) is 4. The molecule has 1 aromatic rings. The molecule has 0 saturated heterocycles. The first-order chi connectivity index (χ1) is 8.01. The van der Waals surface area contributed by atoms with Crippen molar-refractivity contribution < 1.29 is 14.6 Å². The van der Waals surface area contributed by atoms with E-state index in [9.17, 15) is 4.79 Å². The van der Waals surface area contributed by atoms with Crippen molar-refractivity contribution in [2.75, 3.05) is 19.9 Å². The highest BCUT2D eigenvalue weighted by Gasteiger charge is 2.30. The summed E-state index contributed by atoms with van der Waals surface area (Å²) >= 11 is 1.50. The standard InChI is InChI=1S/C12H17NO3S/c1-12(13-2,11(14)15)8-17-10-6-4-9(16-3)5-7-10/h4-7,13H,8H2,1-3H3,(H,14,15). The van der Waals surface area contributed by atoms with Crippen molar-refractivity contribution in [1.82, 2.24) is 5.32 Å². The van der Waals surface area contributed by atoms with E-state index in [0.717, 1.165) is 10.6 Å². The molecule has 1 atom stereocenters. The highest BCUT2D eigenvalue weighted by Crippen LogP contribution is 2.24. The predicted octanol–water partition coefficient (Wildman–Crippen LogP) is 1.85. The number of thioether (sulfide) groups is 1. The molecule has 5 heteroatoms. The van der Waals surface area contributed by atoms with Crippen LogP contribution in [0.3, 0.4) is 0 Å². The Morgan fingerprint density at radius 1 is 1.47 bits per heavy atom. The Kier molecular flexibility index (Phi) is 4.84. The first-order valence-corrected chi connectivity index (χ1v) is 6.19. The zero-order chi connectivity index (χ0) is 12.9. The van der Waals surface area contributed by atoms with Gasteiger partial charge >= 0.3 is 5.97 Å². The Labute approximate surface area is 105 Å². The molecule has 0 aliphatic heterocycles. The van der Waals surface area contributed by atoms with Crippen LogP contribution in [0.1, 0.15) is 6.92 Å². The van der Waals surface area contributed by atoms with Crippen molar-refractivity contribution in [3.63, 3.8) is 0 Å². The summed E-state index contributed by atoms with van der Waals surface area (Å²) < 4.78 is 5.06. The molecule has 1 unspecified atom stereocenters. The van der Waals surface area contributed by atoms with Crippen LogP contribution in [0.15, 0.2) is 29.2 Å². The van der Waals surface area contributed by atoms with E-state index in [-0.39, 0.29) is 0 Å². The van der Waals surface area contributed by atoms with Crippen LogP contribution in [-0.4, -0.2) is 36.5 Å². The van der Waals surface area contributed by atoms with Crippen LogP contribution in [0, 0.1) is 0 Å². The fourth-order valence-electron chi connectivity index (χ4n) is 1.14. The number of carboxylic acids is 1. The maximum absolute atomic E-state index is 11.1. The molecule has 0 aliphatic rings. The van der Waals surface area contributed by atoms with Crippen LogP contribution in [0.2, 0.25) is 0 Å². The third kappa shape index (κ3) is 3.64. The van der Waals surface area contributed by atoms with E-state index < -0.39 is 11.5 Å². The normalized spacial score (nSPS) is 14.1. The van der Waals surface area contributed by atoms with Crippen LogP contribution in [0.5, 0.6) is 5.75 Å². The van der Waals surface area contributed by atoms with Crippen LogP contribution >= 0.6 is 11.8 Å². The van der Waals surface area contributed by atoms with Crippen molar-refractivity contribution in [1.29, 1.82) is 0 Å². The molecule has 0 spiro atoms. The number of hydrogen-bond donors (Lipinski definition) is 2. The molecule has 1 rings (SSSR count). The Hall–Kier alpha value is -1.20. The maximum Gasteiger partial charge on any atom is 0.324 e. The van der Waals surface area contributed by atoms with E-state index in [1.807, 2.05) is 24.3 Å². The molecule has 0 aliphatic carbocycles. The van der Waals surface area contributed by atoms with Gasteiger partial charge in [-0.1, -0.05) is 0 Å². The summed E-state index contributed by atoms with van der Waals surface area (Å²) in [6, 6.07) is 7.56. The minimum Gasteiger partial charge on any atom is -0.497 e. The molecule has 4 nitrogen and oxygen atoms in total. The SMILES string of the molecule is CNC(C)(CSc1ccc(OC)cc1)C(=O)O. The van der Waals surface area contributed by atoms with Gasteiger partial charge in [-0.15, -0.1) is 11.8 Å². The van der Waals surface area contributed by atoms with Gasteiger partial charge in [-0.2, -0.15) is 0 Å². The summed E-state index contributed by atoms with van der Waals surface area (Å²) in [4.78, 5) is 12.1. The predicted molar refractivity (Wildman–Crippen MR) is 68.8 cm³/mol. The monoisotopic (exact) mass is 255 g/mol. The number of likely N-dealkylation sites (N-methyl/N-ethyl adjacent to an activating group) is 1. The maximum atomic E-state index is 11.1. The molecule has 1 aromatic carbocycles. The van der Waals surface area contributed by atoms with Gasteiger partial charge < -0.3 is 15.2 Å². The third-order valence-electron chi connectivity index (χ3n) is 2.61. The lowest BCUT2D eigenvalue weighted by atomic mass is 10.1. The number of benzene rings is 1. The topological polar surface area (TPSA) is 58.6 Å². The van der Waals surface area contributed by atoms with Crippen molar-refractivity contribution in [2.24, 2.45) is 0 Å². The number of nitrogens with one attached hydrogen (secondary N) is 1. The molecule has 0 amide bonds. The molecule has 17 heavy (non-hydrogen) atoms. The van der Waals surface area contributed by atoms with E-state index in [1.54, 1.807) is 21.1 Å². The zero-order valence-electron chi connectivity index (χ0n) is 10.2. The van der Waals surface area contributed by atoms with Gasteiger partial charge in [-0.05, 0) is 38.2 Å². The first-order valence-electron chi connectivity index (χ1n) is 5.21. The average molecular weight is 255 g/mol. The van der Waals surface area contributed by atoms with Crippen LogP contribution < -0.4 is 10.1 Å². The van der Waals surface area contributed by atoms with E-state index in [1.165, 1.54) is 11.8 Å². The van der Waals surface area contributed by atoms with Gasteiger partial charge in [0.25, 0.3) is 0 Å². The smallest absolute Gasteiger partial charge is 0.324 e. The molecule has 0 saturated carbocycles. The number of carbonyl (C=O) groups is 1. The van der Waals surface area contributed by atoms with Crippen LogP contribution in [0.25, 0.3) is 0 Å². The Balaban J connectivity index is 2.63. The van der Waals surface area contributed by atoms with E-state index in [2.05, 4.69) is 5.32 Å². The molecule has 94 valence electrons. The van der Waals surface area contributed by atoms with Gasteiger partial charge in [-0.3, -0.25) is 4.79 Å². The van der Waals surface area contributed by atoms with Crippen molar-refractivity contribution in [3.8, 4) is 5.75 Å². The van der Waals surface area contributed by atoms with E-state index in [4.69, 9.17) is 9.84 Å². The van der Waals surface area contributed by atoms with Crippen molar-refractivity contribution >= 4 is 17.7 Å². The second-order valence-corrected chi connectivity index (χ2v) is 4.90. The van der Waals surface area contributed by atoms with Crippen molar-refractivity contribution in [2.45, 2.75) is 17.4 Å². The summed E-state index contributed by atoms with van der Waals surface area (Å²) in [7, 11) is 3.27. The number of ether oxygens (including phenoxy) is 1. The molecule has 0 heterocycles. The lowest BCUT2D eigenvalue weighted by molar-refractivity contribution is -0.142. The van der Waals surface area contributed by atoms with Gasteiger partial charge in [0.15, 0.2) is 0 Å². The summed E-state index contributed by atoms with van der Waals surface area (Å²) in [6.45, 7) is 1.67.